The van der Waals surface area contributed by atoms with Crippen molar-refractivity contribution in [3.8, 4) is 22.5 Å². The molecule has 0 fully saturated rings. The van der Waals surface area contributed by atoms with Gasteiger partial charge in [-0.25, -0.2) is 4.98 Å². The molecule has 0 aliphatic carbocycles. The average molecular weight is 417 g/mol. The van der Waals surface area contributed by atoms with Crippen molar-refractivity contribution in [2.45, 2.75) is 64.8 Å². The third-order valence-corrected chi connectivity index (χ3v) is 7.21. The summed E-state index contributed by atoms with van der Waals surface area (Å²) >= 11 is 0. The number of pyridine rings is 1. The van der Waals surface area contributed by atoms with Crippen molar-refractivity contribution in [3.05, 3.63) is 42.5 Å². The lowest BCUT2D eigenvalue weighted by molar-refractivity contribution is 0.297. The van der Waals surface area contributed by atoms with Crippen molar-refractivity contribution in [1.29, 1.82) is 0 Å². The van der Waals surface area contributed by atoms with E-state index in [4.69, 9.17) is 10.1 Å². The second-order valence-electron chi connectivity index (χ2n) is 9.30. The molecule has 4 aromatic heterocycles. The summed E-state index contributed by atoms with van der Waals surface area (Å²) in [6, 6.07) is 6.59. The standard InChI is InChI=1S/C25H32N6/c1-5-8-25(14-17(3)6-2)9-11-31-23(25)13-21(29-31)18-12-19-20(16-27-24(19)26-15-18)22-7-10-28-30(22)4/h7,10,12-13,15-17H,5-6,8-9,11,14H2,1-4H3,(H,26,27). The lowest BCUT2D eigenvalue weighted by atomic mass is 9.72. The fourth-order valence-electron chi connectivity index (χ4n) is 5.45. The molecule has 0 bridgehead atoms. The first kappa shape index (κ1) is 20.0. The molecule has 162 valence electrons. The summed E-state index contributed by atoms with van der Waals surface area (Å²) in [6.45, 7) is 8.02. The van der Waals surface area contributed by atoms with Gasteiger partial charge in [0, 0.05) is 59.8 Å². The normalized spacial score (nSPS) is 19.2. The summed E-state index contributed by atoms with van der Waals surface area (Å²) < 4.78 is 4.16. The summed E-state index contributed by atoms with van der Waals surface area (Å²) in [5.74, 6) is 0.732. The van der Waals surface area contributed by atoms with Crippen LogP contribution >= 0.6 is 0 Å². The lowest BCUT2D eigenvalue weighted by Gasteiger charge is -2.31. The first-order valence-corrected chi connectivity index (χ1v) is 11.6. The van der Waals surface area contributed by atoms with E-state index in [1.165, 1.54) is 37.8 Å². The van der Waals surface area contributed by atoms with Gasteiger partial charge in [-0.2, -0.15) is 10.2 Å². The Balaban J connectivity index is 1.56. The van der Waals surface area contributed by atoms with Gasteiger partial charge in [0.1, 0.15) is 5.65 Å². The number of aryl methyl sites for hydroxylation is 2. The second kappa shape index (κ2) is 7.66. The summed E-state index contributed by atoms with van der Waals surface area (Å²) in [5, 5.41) is 10.5. The minimum Gasteiger partial charge on any atom is -0.345 e. The Labute approximate surface area is 183 Å². The maximum absolute atomic E-state index is 5.02. The Morgan fingerprint density at radius 1 is 1.26 bits per heavy atom. The zero-order valence-corrected chi connectivity index (χ0v) is 19.0. The molecule has 5 rings (SSSR count). The van der Waals surface area contributed by atoms with Gasteiger partial charge in [-0.15, -0.1) is 0 Å². The maximum atomic E-state index is 5.02. The van der Waals surface area contributed by atoms with E-state index in [0.29, 0.717) is 0 Å². The highest BCUT2D eigenvalue weighted by atomic mass is 15.3. The molecule has 5 heterocycles. The van der Waals surface area contributed by atoms with E-state index in [9.17, 15) is 0 Å². The molecule has 1 N–H and O–H groups in total. The van der Waals surface area contributed by atoms with Crippen LogP contribution in [0, 0.1) is 5.92 Å². The Morgan fingerprint density at radius 3 is 2.87 bits per heavy atom. The zero-order valence-electron chi connectivity index (χ0n) is 19.0. The molecule has 31 heavy (non-hydrogen) atoms. The Bertz CT molecular complexity index is 1210. The number of fused-ring (bicyclic) bond motifs is 2. The van der Waals surface area contributed by atoms with Crippen LogP contribution in [0.15, 0.2) is 36.8 Å². The van der Waals surface area contributed by atoms with Gasteiger partial charge in [-0.05, 0) is 43.4 Å². The van der Waals surface area contributed by atoms with E-state index < -0.39 is 0 Å². The fourth-order valence-corrected chi connectivity index (χ4v) is 5.45. The van der Waals surface area contributed by atoms with Gasteiger partial charge < -0.3 is 4.98 Å². The molecule has 2 unspecified atom stereocenters. The smallest absolute Gasteiger partial charge is 0.137 e. The summed E-state index contributed by atoms with van der Waals surface area (Å²) in [7, 11) is 1.97. The van der Waals surface area contributed by atoms with E-state index in [0.717, 1.165) is 46.0 Å². The number of rotatable bonds is 7. The number of H-pyrrole nitrogens is 1. The minimum atomic E-state index is 0.265. The minimum absolute atomic E-state index is 0.265. The third-order valence-electron chi connectivity index (χ3n) is 7.21. The predicted molar refractivity (Wildman–Crippen MR) is 125 cm³/mol. The molecule has 0 saturated heterocycles. The molecule has 0 amide bonds. The molecule has 1 aliphatic heterocycles. The molecule has 0 aromatic carbocycles. The van der Waals surface area contributed by atoms with Gasteiger partial charge in [0.05, 0.1) is 11.4 Å². The van der Waals surface area contributed by atoms with Crippen LogP contribution in [0.2, 0.25) is 0 Å². The maximum Gasteiger partial charge on any atom is 0.137 e. The second-order valence-corrected chi connectivity index (χ2v) is 9.30. The SMILES string of the molecule is CCCC1(CC(C)CC)CCn2nc(-c3cnc4[nH]cc(-c5ccnn5C)c4c3)cc21. The third kappa shape index (κ3) is 3.29. The highest BCUT2D eigenvalue weighted by Gasteiger charge is 2.40. The largest absolute Gasteiger partial charge is 0.345 e. The Morgan fingerprint density at radius 2 is 2.13 bits per heavy atom. The quantitative estimate of drug-likeness (QED) is 0.420. The number of aromatic amines is 1. The summed E-state index contributed by atoms with van der Waals surface area (Å²) in [5.41, 5.74) is 6.88. The lowest BCUT2D eigenvalue weighted by Crippen LogP contribution is -2.25. The van der Waals surface area contributed by atoms with Crippen LogP contribution < -0.4 is 0 Å². The average Bonchev–Trinajstić information content (AvgIpc) is 3.53. The van der Waals surface area contributed by atoms with Gasteiger partial charge in [-0.3, -0.25) is 9.36 Å². The molecule has 0 spiro atoms. The van der Waals surface area contributed by atoms with Crippen LogP contribution in [0.1, 0.15) is 58.6 Å². The van der Waals surface area contributed by atoms with E-state index in [1.807, 2.05) is 36.4 Å². The predicted octanol–water partition coefficient (Wildman–Crippen LogP) is 5.70. The molecule has 6 nitrogen and oxygen atoms in total. The highest BCUT2D eigenvalue weighted by Crippen LogP contribution is 2.45. The van der Waals surface area contributed by atoms with Crippen molar-refractivity contribution in [1.82, 2.24) is 29.5 Å². The van der Waals surface area contributed by atoms with Crippen molar-refractivity contribution in [3.63, 3.8) is 0 Å². The van der Waals surface area contributed by atoms with Crippen LogP contribution in [0.4, 0.5) is 0 Å². The van der Waals surface area contributed by atoms with Crippen molar-refractivity contribution < 1.29 is 0 Å². The monoisotopic (exact) mass is 416 g/mol. The van der Waals surface area contributed by atoms with Crippen molar-refractivity contribution >= 4 is 11.0 Å². The van der Waals surface area contributed by atoms with Crippen LogP contribution in [-0.2, 0) is 19.0 Å². The Kier molecular flexibility index (Phi) is 4.95. The van der Waals surface area contributed by atoms with Crippen LogP contribution in [0.3, 0.4) is 0 Å². The van der Waals surface area contributed by atoms with Crippen molar-refractivity contribution in [2.24, 2.45) is 13.0 Å². The van der Waals surface area contributed by atoms with Crippen LogP contribution in [-0.4, -0.2) is 29.5 Å². The first-order valence-electron chi connectivity index (χ1n) is 11.6. The van der Waals surface area contributed by atoms with E-state index >= 15 is 0 Å². The summed E-state index contributed by atoms with van der Waals surface area (Å²) in [4.78, 5) is 8.00. The number of nitrogens with zero attached hydrogens (tertiary/aromatic N) is 5. The summed E-state index contributed by atoms with van der Waals surface area (Å²) in [6.07, 6.45) is 11.9. The number of aromatic nitrogens is 6. The van der Waals surface area contributed by atoms with E-state index in [2.05, 4.69) is 47.7 Å². The number of hydrogen-bond acceptors (Lipinski definition) is 3. The topological polar surface area (TPSA) is 64.3 Å². The van der Waals surface area contributed by atoms with E-state index in [-0.39, 0.29) is 5.41 Å². The van der Waals surface area contributed by atoms with Gasteiger partial charge in [-0.1, -0.05) is 33.6 Å². The molecule has 6 heteroatoms. The Hall–Kier alpha value is -2.89. The number of nitrogens with one attached hydrogen (secondary N) is 1. The molecule has 2 atom stereocenters. The zero-order chi connectivity index (χ0) is 21.6. The molecular weight excluding hydrogens is 384 g/mol. The van der Waals surface area contributed by atoms with Gasteiger partial charge in [0.25, 0.3) is 0 Å². The first-order chi connectivity index (χ1) is 15.0. The fraction of sp³-hybridized carbons (Fsp3) is 0.480. The highest BCUT2D eigenvalue weighted by molar-refractivity contribution is 5.94. The molecule has 0 radical (unpaired) electrons. The van der Waals surface area contributed by atoms with Gasteiger partial charge in [0.15, 0.2) is 0 Å². The molecule has 4 aromatic rings. The van der Waals surface area contributed by atoms with Crippen LogP contribution in [0.25, 0.3) is 33.5 Å². The molecular formula is C25H32N6. The van der Waals surface area contributed by atoms with Crippen molar-refractivity contribution in [2.75, 3.05) is 0 Å². The van der Waals surface area contributed by atoms with Gasteiger partial charge >= 0.3 is 0 Å². The number of hydrogen-bond donors (Lipinski definition) is 1. The van der Waals surface area contributed by atoms with Crippen LogP contribution in [0.5, 0.6) is 0 Å². The van der Waals surface area contributed by atoms with E-state index in [1.54, 1.807) is 0 Å². The molecule has 1 aliphatic rings. The molecule has 0 saturated carbocycles. The van der Waals surface area contributed by atoms with Gasteiger partial charge in [0.2, 0.25) is 0 Å².